The summed E-state index contributed by atoms with van der Waals surface area (Å²) in [7, 11) is 0. The first-order valence-corrected chi connectivity index (χ1v) is 5.02. The first-order valence-electron chi connectivity index (χ1n) is 5.02. The molecule has 0 aliphatic heterocycles. The molecule has 1 aromatic heterocycles. The number of H-pyrrole nitrogens is 1. The maximum Gasteiger partial charge on any atom is 0.335 e. The van der Waals surface area contributed by atoms with E-state index in [1.54, 1.807) is 31.2 Å². The van der Waals surface area contributed by atoms with Crippen molar-refractivity contribution in [2.75, 3.05) is 0 Å². The van der Waals surface area contributed by atoms with E-state index in [2.05, 4.69) is 4.98 Å². The Labute approximate surface area is 96.4 Å². The summed E-state index contributed by atoms with van der Waals surface area (Å²) in [6.07, 6.45) is 1.21. The number of hydrogen-bond donors (Lipinski definition) is 1. The molecule has 0 unspecified atom stereocenters. The second-order valence-electron chi connectivity index (χ2n) is 3.58. The van der Waals surface area contributed by atoms with Gasteiger partial charge in [-0.3, -0.25) is 9.59 Å². The number of benzene rings is 1. The zero-order valence-corrected chi connectivity index (χ0v) is 9.14. The van der Waals surface area contributed by atoms with Crippen LogP contribution in [0.4, 0.5) is 0 Å². The molecule has 0 aliphatic rings. The van der Waals surface area contributed by atoms with Gasteiger partial charge in [-0.05, 0) is 18.6 Å². The molecule has 0 aliphatic carbocycles. The molecule has 0 saturated carbocycles. The van der Waals surface area contributed by atoms with Crippen molar-refractivity contribution >= 4 is 5.91 Å². The van der Waals surface area contributed by atoms with Crippen LogP contribution in [0.25, 0.3) is 0 Å². The van der Waals surface area contributed by atoms with Gasteiger partial charge in [0.25, 0.3) is 11.5 Å². The van der Waals surface area contributed by atoms with Gasteiger partial charge in [0.2, 0.25) is 0 Å². The Morgan fingerprint density at radius 1 is 1.18 bits per heavy atom. The van der Waals surface area contributed by atoms with Crippen LogP contribution in [0.1, 0.15) is 15.9 Å². The van der Waals surface area contributed by atoms with Gasteiger partial charge in [-0.2, -0.15) is 4.57 Å². The highest BCUT2D eigenvalue weighted by atomic mass is 16.2. The number of nitrogens with one attached hydrogen (secondary N) is 1. The second kappa shape index (κ2) is 4.21. The molecule has 0 amide bonds. The molecular weight excluding hydrogens is 220 g/mol. The minimum atomic E-state index is -0.731. The van der Waals surface area contributed by atoms with Gasteiger partial charge < -0.3 is 4.98 Å². The van der Waals surface area contributed by atoms with Crippen molar-refractivity contribution < 1.29 is 4.79 Å². The van der Waals surface area contributed by atoms with Crippen molar-refractivity contribution in [2.45, 2.75) is 6.92 Å². The summed E-state index contributed by atoms with van der Waals surface area (Å²) in [6.45, 7) is 1.75. The maximum atomic E-state index is 12.1. The lowest BCUT2D eigenvalue weighted by molar-refractivity contribution is 0.0950. The molecule has 1 N–H and O–H groups in total. The molecule has 0 spiro atoms. The van der Waals surface area contributed by atoms with Crippen LogP contribution in [0.3, 0.4) is 0 Å². The third-order valence-corrected chi connectivity index (χ3v) is 2.43. The molecule has 86 valence electrons. The number of rotatable bonds is 1. The molecule has 5 heteroatoms. The highest BCUT2D eigenvalue weighted by Gasteiger charge is 2.14. The molecular formula is C12H10N2O3. The monoisotopic (exact) mass is 230 g/mol. The summed E-state index contributed by atoms with van der Waals surface area (Å²) in [5, 5.41) is 0. The van der Waals surface area contributed by atoms with Gasteiger partial charge in [-0.25, -0.2) is 4.79 Å². The zero-order chi connectivity index (χ0) is 12.4. The topological polar surface area (TPSA) is 71.9 Å². The van der Waals surface area contributed by atoms with Crippen molar-refractivity contribution in [2.24, 2.45) is 0 Å². The average molecular weight is 230 g/mol. The molecule has 17 heavy (non-hydrogen) atoms. The molecule has 1 aromatic carbocycles. The second-order valence-corrected chi connectivity index (χ2v) is 3.58. The normalized spacial score (nSPS) is 10.2. The van der Waals surface area contributed by atoms with Crippen LogP contribution in [0, 0.1) is 6.92 Å². The van der Waals surface area contributed by atoms with Crippen molar-refractivity contribution in [3.05, 3.63) is 68.5 Å². The molecule has 0 fully saturated rings. The van der Waals surface area contributed by atoms with E-state index in [-0.39, 0.29) is 0 Å². The lowest BCUT2D eigenvalue weighted by atomic mass is 10.1. The Bertz CT molecular complexity index is 654. The van der Waals surface area contributed by atoms with E-state index in [1.165, 1.54) is 6.20 Å². The fraction of sp³-hybridized carbons (Fsp3) is 0.0833. The van der Waals surface area contributed by atoms with Crippen LogP contribution in [-0.4, -0.2) is 15.5 Å². The highest BCUT2D eigenvalue weighted by Crippen LogP contribution is 2.07. The van der Waals surface area contributed by atoms with E-state index < -0.39 is 17.2 Å². The molecule has 5 nitrogen and oxygen atoms in total. The zero-order valence-electron chi connectivity index (χ0n) is 9.14. The largest absolute Gasteiger partial charge is 0.335 e. The third-order valence-electron chi connectivity index (χ3n) is 2.43. The number of hydrogen-bond acceptors (Lipinski definition) is 3. The molecule has 2 rings (SSSR count). The van der Waals surface area contributed by atoms with Crippen LogP contribution in [0.5, 0.6) is 0 Å². The standard InChI is InChI=1S/C12H10N2O3/c1-8-4-2-3-5-9(8)11(16)14-10(15)6-7-13-12(14)17/h2-7H,1H3,(H,13,17). The predicted octanol–water partition coefficient (Wildman–Crippen LogP) is 0.534. The van der Waals surface area contributed by atoms with E-state index >= 15 is 0 Å². The van der Waals surface area contributed by atoms with Crippen LogP contribution < -0.4 is 11.2 Å². The highest BCUT2D eigenvalue weighted by molar-refractivity contribution is 5.96. The third kappa shape index (κ3) is 1.94. The van der Waals surface area contributed by atoms with Crippen molar-refractivity contribution in [1.82, 2.24) is 9.55 Å². The molecule has 2 aromatic rings. The fourth-order valence-electron chi connectivity index (χ4n) is 1.55. The molecule has 0 atom stereocenters. The van der Waals surface area contributed by atoms with E-state index in [1.807, 2.05) is 0 Å². The van der Waals surface area contributed by atoms with Crippen LogP contribution in [0.15, 0.2) is 46.1 Å². The molecule has 0 saturated heterocycles. The predicted molar refractivity (Wildman–Crippen MR) is 62.2 cm³/mol. The number of aromatic amines is 1. The van der Waals surface area contributed by atoms with E-state index in [0.717, 1.165) is 6.07 Å². The van der Waals surface area contributed by atoms with E-state index in [9.17, 15) is 14.4 Å². The van der Waals surface area contributed by atoms with Gasteiger partial charge in [-0.1, -0.05) is 18.2 Å². The van der Waals surface area contributed by atoms with Gasteiger partial charge in [0.1, 0.15) is 0 Å². The summed E-state index contributed by atoms with van der Waals surface area (Å²) >= 11 is 0. The van der Waals surface area contributed by atoms with Gasteiger partial charge in [0.05, 0.1) is 0 Å². The maximum absolute atomic E-state index is 12.1. The van der Waals surface area contributed by atoms with Crippen molar-refractivity contribution in [3.63, 3.8) is 0 Å². The lowest BCUT2D eigenvalue weighted by Gasteiger charge is -2.05. The van der Waals surface area contributed by atoms with Gasteiger partial charge in [0, 0.05) is 17.8 Å². The summed E-state index contributed by atoms with van der Waals surface area (Å²) in [5.41, 5.74) is -0.313. The Morgan fingerprint density at radius 3 is 2.53 bits per heavy atom. The number of aryl methyl sites for hydroxylation is 1. The lowest BCUT2D eigenvalue weighted by Crippen LogP contribution is -2.39. The fourth-order valence-corrected chi connectivity index (χ4v) is 1.55. The van der Waals surface area contributed by atoms with Crippen molar-refractivity contribution in [1.29, 1.82) is 0 Å². The van der Waals surface area contributed by atoms with Gasteiger partial charge >= 0.3 is 5.69 Å². The summed E-state index contributed by atoms with van der Waals surface area (Å²) in [6, 6.07) is 7.93. The summed E-state index contributed by atoms with van der Waals surface area (Å²) in [5.74, 6) is -0.616. The number of aromatic nitrogens is 2. The average Bonchev–Trinajstić information content (AvgIpc) is 2.29. The quantitative estimate of drug-likeness (QED) is 0.776. The Kier molecular flexibility index (Phi) is 2.74. The Balaban J connectivity index is 2.64. The Morgan fingerprint density at radius 2 is 1.88 bits per heavy atom. The smallest absolute Gasteiger partial charge is 0.314 e. The number of carbonyl (C=O) groups excluding carboxylic acids is 1. The van der Waals surface area contributed by atoms with Gasteiger partial charge in [-0.15, -0.1) is 0 Å². The Hall–Kier alpha value is -2.43. The van der Waals surface area contributed by atoms with E-state index in [0.29, 0.717) is 15.7 Å². The number of carbonyl (C=O) groups is 1. The van der Waals surface area contributed by atoms with Gasteiger partial charge in [0.15, 0.2) is 0 Å². The first-order chi connectivity index (χ1) is 8.11. The molecule has 1 heterocycles. The summed E-state index contributed by atoms with van der Waals surface area (Å²) in [4.78, 5) is 37.3. The molecule has 0 radical (unpaired) electrons. The van der Waals surface area contributed by atoms with E-state index in [4.69, 9.17) is 0 Å². The summed E-state index contributed by atoms with van der Waals surface area (Å²) < 4.78 is 0.586. The SMILES string of the molecule is Cc1ccccc1C(=O)n1c(=O)cc[nH]c1=O. The van der Waals surface area contributed by atoms with Crippen LogP contribution in [0.2, 0.25) is 0 Å². The molecule has 0 bridgehead atoms. The first kappa shape index (κ1) is 11.1. The van der Waals surface area contributed by atoms with Crippen LogP contribution in [-0.2, 0) is 0 Å². The number of nitrogens with zero attached hydrogens (tertiary/aromatic N) is 1. The van der Waals surface area contributed by atoms with Crippen molar-refractivity contribution in [3.8, 4) is 0 Å². The minimum Gasteiger partial charge on any atom is -0.314 e. The van der Waals surface area contributed by atoms with Crippen LogP contribution >= 0.6 is 0 Å². The minimum absolute atomic E-state index is 0.339.